The first-order valence-electron chi connectivity index (χ1n) is 11.1. The van der Waals surface area contributed by atoms with Gasteiger partial charge in [0.2, 0.25) is 5.91 Å². The van der Waals surface area contributed by atoms with E-state index >= 15 is 0 Å². The highest BCUT2D eigenvalue weighted by Gasteiger charge is 2.29. The molecule has 1 aliphatic rings. The van der Waals surface area contributed by atoms with Gasteiger partial charge in [-0.3, -0.25) is 14.9 Å². The van der Waals surface area contributed by atoms with Crippen molar-refractivity contribution in [3.63, 3.8) is 0 Å². The van der Waals surface area contributed by atoms with Crippen molar-refractivity contribution >= 4 is 72.3 Å². The van der Waals surface area contributed by atoms with Crippen LogP contribution in [-0.2, 0) is 22.5 Å². The minimum absolute atomic E-state index is 0.0188. The summed E-state index contributed by atoms with van der Waals surface area (Å²) in [5, 5.41) is 15.4. The Morgan fingerprint density at radius 3 is 2.81 bits per heavy atom. The van der Waals surface area contributed by atoms with E-state index in [2.05, 4.69) is 5.32 Å². The number of ether oxygens (including phenoxy) is 1. The summed E-state index contributed by atoms with van der Waals surface area (Å²) in [6.07, 6.45) is 3.19. The Labute approximate surface area is 217 Å². The molecule has 12 heteroatoms. The van der Waals surface area contributed by atoms with Crippen LogP contribution in [0.1, 0.15) is 22.2 Å². The summed E-state index contributed by atoms with van der Waals surface area (Å²) in [4.78, 5) is 43.7. The molecule has 0 saturated carbocycles. The molecule has 1 aliphatic heterocycles. The summed E-state index contributed by atoms with van der Waals surface area (Å²) >= 11 is 3.99. The van der Waals surface area contributed by atoms with Crippen LogP contribution in [0.15, 0.2) is 42.5 Å². The van der Waals surface area contributed by atoms with Gasteiger partial charge in [-0.1, -0.05) is 23.5 Å². The zero-order valence-corrected chi connectivity index (χ0v) is 21.5. The molecular formula is C24H20N4O5S3. The zero-order chi connectivity index (χ0) is 25.2. The Morgan fingerprint density at radius 2 is 2.06 bits per heavy atom. The average Bonchev–Trinajstić information content (AvgIpc) is 3.58. The quantitative estimate of drug-likeness (QED) is 0.178. The third-order valence-electron chi connectivity index (χ3n) is 5.52. The lowest BCUT2D eigenvalue weighted by Crippen LogP contribution is -2.35. The SMILES string of the molecule is CCOC(=O)N1CCc2c(sc(NC(=O)C=Cc3ccc([N+](=O)[O-])s3)c2-c2nc3ccccc3s2)C1. The number of thiazole rings is 1. The van der Waals surface area contributed by atoms with Crippen LogP contribution in [0.3, 0.4) is 0 Å². The number of carbonyl (C=O) groups excluding carboxylic acids is 2. The highest BCUT2D eigenvalue weighted by atomic mass is 32.1. The number of benzene rings is 1. The van der Waals surface area contributed by atoms with Crippen LogP contribution in [0.5, 0.6) is 0 Å². The van der Waals surface area contributed by atoms with Gasteiger partial charge in [0.15, 0.2) is 0 Å². The van der Waals surface area contributed by atoms with E-state index in [9.17, 15) is 19.7 Å². The number of rotatable bonds is 6. The average molecular weight is 541 g/mol. The Kier molecular flexibility index (Phi) is 6.81. The van der Waals surface area contributed by atoms with Gasteiger partial charge in [-0.2, -0.15) is 0 Å². The van der Waals surface area contributed by atoms with Crippen LogP contribution in [0.2, 0.25) is 0 Å². The van der Waals surface area contributed by atoms with Gasteiger partial charge in [-0.25, -0.2) is 9.78 Å². The van der Waals surface area contributed by atoms with E-state index in [1.165, 1.54) is 23.5 Å². The number of amides is 2. The largest absolute Gasteiger partial charge is 0.450 e. The number of thiophene rings is 2. The Bertz CT molecular complexity index is 1470. The van der Waals surface area contributed by atoms with Gasteiger partial charge in [-0.05, 0) is 43.2 Å². The first-order chi connectivity index (χ1) is 17.4. The Hall–Kier alpha value is -3.61. The lowest BCUT2D eigenvalue weighted by molar-refractivity contribution is -0.380. The van der Waals surface area contributed by atoms with Crippen LogP contribution >= 0.6 is 34.0 Å². The van der Waals surface area contributed by atoms with Crippen molar-refractivity contribution < 1.29 is 19.2 Å². The number of hydrogen-bond donors (Lipinski definition) is 1. The molecule has 1 N–H and O–H groups in total. The summed E-state index contributed by atoms with van der Waals surface area (Å²) in [5.74, 6) is -0.353. The highest BCUT2D eigenvalue weighted by Crippen LogP contribution is 2.45. The maximum atomic E-state index is 12.8. The molecule has 5 rings (SSSR count). The fraction of sp³-hybridized carbons (Fsp3) is 0.208. The number of para-hydroxylation sites is 1. The van der Waals surface area contributed by atoms with E-state index in [0.29, 0.717) is 36.0 Å². The number of nitro groups is 1. The fourth-order valence-corrected chi connectivity index (χ4v) is 7.01. The number of carbonyl (C=O) groups is 2. The number of fused-ring (bicyclic) bond motifs is 2. The molecule has 4 aromatic rings. The molecule has 0 aliphatic carbocycles. The summed E-state index contributed by atoms with van der Waals surface area (Å²) in [5.41, 5.74) is 2.85. The molecule has 0 bridgehead atoms. The smallest absolute Gasteiger partial charge is 0.410 e. The van der Waals surface area contributed by atoms with Crippen molar-refractivity contribution in [3.05, 3.63) is 67.9 Å². The summed E-state index contributed by atoms with van der Waals surface area (Å²) < 4.78 is 6.22. The molecule has 1 aromatic carbocycles. The number of aromatic nitrogens is 1. The molecular weight excluding hydrogens is 520 g/mol. The van der Waals surface area contributed by atoms with Gasteiger partial charge in [-0.15, -0.1) is 22.7 Å². The van der Waals surface area contributed by atoms with Gasteiger partial charge in [0, 0.05) is 34.0 Å². The van der Waals surface area contributed by atoms with E-state index in [0.717, 1.165) is 42.6 Å². The first kappa shape index (κ1) is 24.1. The van der Waals surface area contributed by atoms with Crippen molar-refractivity contribution in [1.82, 2.24) is 9.88 Å². The van der Waals surface area contributed by atoms with Crippen LogP contribution in [-0.4, -0.2) is 40.0 Å². The standard InChI is InChI=1S/C24H20N4O5S3/c1-2-33-24(30)27-12-11-15-18(13-27)36-23(21(15)22-25-16-5-3-4-6-17(16)35-22)26-19(29)9-7-14-8-10-20(34-14)28(31)32/h3-10H,2,11-13H2,1H3,(H,26,29). The second kappa shape index (κ2) is 10.2. The van der Waals surface area contributed by atoms with E-state index in [1.54, 1.807) is 35.3 Å². The third-order valence-corrected chi connectivity index (χ3v) is 8.71. The van der Waals surface area contributed by atoms with Crippen molar-refractivity contribution in [1.29, 1.82) is 0 Å². The molecule has 0 atom stereocenters. The molecule has 36 heavy (non-hydrogen) atoms. The number of nitrogens with zero attached hydrogens (tertiary/aromatic N) is 3. The van der Waals surface area contributed by atoms with E-state index < -0.39 is 4.92 Å². The van der Waals surface area contributed by atoms with E-state index in [1.807, 2.05) is 24.3 Å². The lowest BCUT2D eigenvalue weighted by Gasteiger charge is -2.26. The zero-order valence-electron chi connectivity index (χ0n) is 19.1. The molecule has 0 radical (unpaired) electrons. The van der Waals surface area contributed by atoms with Gasteiger partial charge < -0.3 is 15.0 Å². The second-order valence-corrected chi connectivity index (χ2v) is 11.1. The maximum absolute atomic E-state index is 12.8. The number of nitrogens with one attached hydrogen (secondary N) is 1. The fourth-order valence-electron chi connectivity index (χ4n) is 3.91. The number of anilines is 1. The third kappa shape index (κ3) is 4.87. The van der Waals surface area contributed by atoms with Crippen molar-refractivity contribution in [2.75, 3.05) is 18.5 Å². The maximum Gasteiger partial charge on any atom is 0.410 e. The molecule has 0 fully saturated rings. The minimum atomic E-state index is -0.456. The van der Waals surface area contributed by atoms with Crippen LogP contribution in [0, 0.1) is 10.1 Å². The lowest BCUT2D eigenvalue weighted by atomic mass is 10.0. The van der Waals surface area contributed by atoms with Crippen LogP contribution in [0.25, 0.3) is 26.9 Å². The molecule has 9 nitrogen and oxygen atoms in total. The molecule has 0 spiro atoms. The molecule has 0 saturated heterocycles. The van der Waals surface area contributed by atoms with E-state index in [4.69, 9.17) is 9.72 Å². The van der Waals surface area contributed by atoms with Crippen LogP contribution in [0.4, 0.5) is 14.8 Å². The highest BCUT2D eigenvalue weighted by molar-refractivity contribution is 7.23. The minimum Gasteiger partial charge on any atom is -0.450 e. The van der Waals surface area contributed by atoms with Gasteiger partial charge in [0.1, 0.15) is 10.0 Å². The molecule has 0 unspecified atom stereocenters. The molecule has 2 amide bonds. The second-order valence-electron chi connectivity index (χ2n) is 7.82. The molecule has 4 heterocycles. The van der Waals surface area contributed by atoms with Gasteiger partial charge >= 0.3 is 11.1 Å². The van der Waals surface area contributed by atoms with Crippen molar-refractivity contribution in [2.24, 2.45) is 0 Å². The summed E-state index contributed by atoms with van der Waals surface area (Å²) in [6.45, 7) is 3.01. The predicted octanol–water partition coefficient (Wildman–Crippen LogP) is 6.16. The van der Waals surface area contributed by atoms with Crippen molar-refractivity contribution in [3.8, 4) is 10.6 Å². The topological polar surface area (TPSA) is 115 Å². The first-order valence-corrected chi connectivity index (χ1v) is 13.5. The predicted molar refractivity (Wildman–Crippen MR) is 143 cm³/mol. The number of hydrogen-bond acceptors (Lipinski definition) is 9. The van der Waals surface area contributed by atoms with Gasteiger partial charge in [0.05, 0.1) is 28.3 Å². The van der Waals surface area contributed by atoms with Crippen LogP contribution < -0.4 is 5.32 Å². The summed E-state index contributed by atoms with van der Waals surface area (Å²) in [6, 6.07) is 10.9. The Morgan fingerprint density at radius 1 is 1.22 bits per heavy atom. The van der Waals surface area contributed by atoms with Gasteiger partial charge in [0.25, 0.3) is 0 Å². The summed E-state index contributed by atoms with van der Waals surface area (Å²) in [7, 11) is 0. The van der Waals surface area contributed by atoms with E-state index in [-0.39, 0.29) is 17.0 Å². The monoisotopic (exact) mass is 540 g/mol. The Balaban J connectivity index is 1.46. The molecule has 3 aromatic heterocycles. The normalized spacial score (nSPS) is 13.2. The van der Waals surface area contributed by atoms with Crippen molar-refractivity contribution in [2.45, 2.75) is 19.9 Å². The molecule has 184 valence electrons.